The Morgan fingerprint density at radius 3 is 2.55 bits per heavy atom. The summed E-state index contributed by atoms with van der Waals surface area (Å²) in [7, 11) is 0. The molecule has 122 valence electrons. The topological polar surface area (TPSA) is 28.2 Å². The second-order valence-corrected chi connectivity index (χ2v) is 7.11. The van der Waals surface area contributed by atoms with Crippen molar-refractivity contribution in [1.29, 1.82) is 0 Å². The highest BCUT2D eigenvalue weighted by Crippen LogP contribution is 2.27. The second-order valence-electron chi connectivity index (χ2n) is 7.11. The van der Waals surface area contributed by atoms with Crippen molar-refractivity contribution in [2.75, 3.05) is 18.0 Å². The molecule has 3 heteroatoms. The Kier molecular flexibility index (Phi) is 5.71. The Hall–Kier alpha value is -1.09. The van der Waals surface area contributed by atoms with Gasteiger partial charge in [0.25, 0.3) is 0 Å². The fourth-order valence-corrected chi connectivity index (χ4v) is 3.98. The number of aromatic nitrogens is 1. The Morgan fingerprint density at radius 1 is 1.14 bits per heavy atom. The van der Waals surface area contributed by atoms with Gasteiger partial charge in [-0.15, -0.1) is 0 Å². The molecule has 0 atom stereocenters. The highest BCUT2D eigenvalue weighted by Gasteiger charge is 2.20. The van der Waals surface area contributed by atoms with Crippen LogP contribution in [0.15, 0.2) is 18.3 Å². The number of hydrogen-bond donors (Lipinski definition) is 1. The Morgan fingerprint density at radius 2 is 1.91 bits per heavy atom. The van der Waals surface area contributed by atoms with E-state index in [9.17, 15) is 0 Å². The Bertz CT molecular complexity index is 428. The first-order chi connectivity index (χ1) is 10.8. The summed E-state index contributed by atoms with van der Waals surface area (Å²) in [5, 5.41) is 3.74. The van der Waals surface area contributed by atoms with E-state index in [-0.39, 0.29) is 0 Å². The van der Waals surface area contributed by atoms with Gasteiger partial charge in [0.2, 0.25) is 0 Å². The maximum atomic E-state index is 4.65. The van der Waals surface area contributed by atoms with Gasteiger partial charge in [-0.25, -0.2) is 4.98 Å². The number of rotatable bonds is 6. The fourth-order valence-electron chi connectivity index (χ4n) is 3.98. The normalized spacial score (nSPS) is 25.6. The summed E-state index contributed by atoms with van der Waals surface area (Å²) in [4.78, 5) is 7.04. The van der Waals surface area contributed by atoms with Crippen LogP contribution in [0.4, 0.5) is 5.82 Å². The van der Waals surface area contributed by atoms with Crippen molar-refractivity contribution in [1.82, 2.24) is 10.3 Å². The first-order valence-corrected chi connectivity index (χ1v) is 9.28. The van der Waals surface area contributed by atoms with Crippen molar-refractivity contribution < 1.29 is 0 Å². The van der Waals surface area contributed by atoms with Gasteiger partial charge in [0.15, 0.2) is 0 Å². The quantitative estimate of drug-likeness (QED) is 0.856. The van der Waals surface area contributed by atoms with E-state index in [1.54, 1.807) is 0 Å². The predicted molar refractivity (Wildman–Crippen MR) is 93.2 cm³/mol. The van der Waals surface area contributed by atoms with Crippen LogP contribution in [0, 0.1) is 5.92 Å². The number of nitrogens with zero attached hydrogens (tertiary/aromatic N) is 2. The van der Waals surface area contributed by atoms with Crippen molar-refractivity contribution in [3.8, 4) is 0 Å². The molecular formula is C19H31N3. The van der Waals surface area contributed by atoms with E-state index in [0.29, 0.717) is 6.04 Å². The van der Waals surface area contributed by atoms with Crippen molar-refractivity contribution in [3.05, 3.63) is 23.9 Å². The van der Waals surface area contributed by atoms with Crippen molar-refractivity contribution in [2.24, 2.45) is 5.92 Å². The van der Waals surface area contributed by atoms with Gasteiger partial charge in [-0.05, 0) is 56.1 Å². The molecule has 0 amide bonds. The monoisotopic (exact) mass is 301 g/mol. The molecule has 2 aliphatic rings. The van der Waals surface area contributed by atoms with Gasteiger partial charge in [-0.1, -0.05) is 25.8 Å². The van der Waals surface area contributed by atoms with Crippen LogP contribution in [-0.4, -0.2) is 24.1 Å². The van der Waals surface area contributed by atoms with E-state index in [1.165, 1.54) is 70.0 Å². The highest BCUT2D eigenvalue weighted by molar-refractivity contribution is 5.40. The highest BCUT2D eigenvalue weighted by atomic mass is 15.2. The third kappa shape index (κ3) is 4.22. The zero-order chi connectivity index (χ0) is 15.2. The summed E-state index contributed by atoms with van der Waals surface area (Å²) in [6.45, 7) is 5.62. The van der Waals surface area contributed by atoms with Gasteiger partial charge in [0, 0.05) is 31.9 Å². The summed E-state index contributed by atoms with van der Waals surface area (Å²) in [5.41, 5.74) is 1.32. The molecular weight excluding hydrogens is 270 g/mol. The third-order valence-electron chi connectivity index (χ3n) is 5.38. The van der Waals surface area contributed by atoms with E-state index in [4.69, 9.17) is 0 Å². The summed E-state index contributed by atoms with van der Waals surface area (Å²) < 4.78 is 0. The molecule has 22 heavy (non-hydrogen) atoms. The first kappa shape index (κ1) is 15.8. The van der Waals surface area contributed by atoms with Crippen molar-refractivity contribution in [2.45, 2.75) is 70.9 Å². The van der Waals surface area contributed by atoms with E-state index >= 15 is 0 Å². The van der Waals surface area contributed by atoms with Crippen LogP contribution in [0.5, 0.6) is 0 Å². The smallest absolute Gasteiger partial charge is 0.128 e. The van der Waals surface area contributed by atoms with Gasteiger partial charge in [0.1, 0.15) is 5.82 Å². The number of hydrogen-bond acceptors (Lipinski definition) is 3. The summed E-state index contributed by atoms with van der Waals surface area (Å²) in [5.74, 6) is 2.14. The van der Waals surface area contributed by atoms with Crippen molar-refractivity contribution >= 4 is 5.82 Å². The number of nitrogens with one attached hydrogen (secondary N) is 1. The van der Waals surface area contributed by atoms with E-state index in [2.05, 4.69) is 40.5 Å². The van der Waals surface area contributed by atoms with Crippen LogP contribution < -0.4 is 10.2 Å². The lowest BCUT2D eigenvalue weighted by Crippen LogP contribution is -2.32. The largest absolute Gasteiger partial charge is 0.357 e. The molecule has 1 aliphatic heterocycles. The molecule has 1 aliphatic carbocycles. The average molecular weight is 301 g/mol. The maximum Gasteiger partial charge on any atom is 0.128 e. The van der Waals surface area contributed by atoms with E-state index in [0.717, 1.165) is 18.3 Å². The van der Waals surface area contributed by atoms with Gasteiger partial charge < -0.3 is 10.2 Å². The standard InChI is InChI=1S/C19H31N3/c1-2-5-16-6-9-18(10-7-16)20-14-17-8-11-19(21-15-17)22-12-3-4-13-22/h8,11,15-16,18,20H,2-7,9-10,12-14H2,1H3. The first-order valence-electron chi connectivity index (χ1n) is 9.28. The van der Waals surface area contributed by atoms with Crippen LogP contribution in [0.25, 0.3) is 0 Å². The van der Waals surface area contributed by atoms with Gasteiger partial charge in [-0.3, -0.25) is 0 Å². The van der Waals surface area contributed by atoms with Crippen LogP contribution in [0.3, 0.4) is 0 Å². The van der Waals surface area contributed by atoms with Crippen LogP contribution >= 0.6 is 0 Å². The molecule has 0 radical (unpaired) electrons. The molecule has 0 aromatic carbocycles. The lowest BCUT2D eigenvalue weighted by Gasteiger charge is -2.29. The van der Waals surface area contributed by atoms with Gasteiger partial charge >= 0.3 is 0 Å². The van der Waals surface area contributed by atoms with E-state index < -0.39 is 0 Å². The summed E-state index contributed by atoms with van der Waals surface area (Å²) in [6, 6.07) is 5.16. The van der Waals surface area contributed by atoms with Gasteiger partial charge in [0.05, 0.1) is 0 Å². The Balaban J connectivity index is 1.42. The second kappa shape index (κ2) is 7.96. The van der Waals surface area contributed by atoms with Gasteiger partial charge in [-0.2, -0.15) is 0 Å². The molecule has 0 unspecified atom stereocenters. The van der Waals surface area contributed by atoms with Crippen LogP contribution in [0.2, 0.25) is 0 Å². The molecule has 2 fully saturated rings. The minimum Gasteiger partial charge on any atom is -0.357 e. The third-order valence-corrected chi connectivity index (χ3v) is 5.38. The molecule has 2 heterocycles. The minimum atomic E-state index is 0.714. The number of pyridine rings is 1. The maximum absolute atomic E-state index is 4.65. The molecule has 3 nitrogen and oxygen atoms in total. The number of anilines is 1. The lowest BCUT2D eigenvalue weighted by atomic mass is 9.83. The minimum absolute atomic E-state index is 0.714. The molecule has 0 spiro atoms. The summed E-state index contributed by atoms with van der Waals surface area (Å²) >= 11 is 0. The van der Waals surface area contributed by atoms with Crippen LogP contribution in [0.1, 0.15) is 63.9 Å². The predicted octanol–water partition coefficient (Wildman–Crippen LogP) is 4.13. The van der Waals surface area contributed by atoms with Crippen LogP contribution in [-0.2, 0) is 6.54 Å². The fraction of sp³-hybridized carbons (Fsp3) is 0.737. The Labute approximate surface area is 135 Å². The SMILES string of the molecule is CCCC1CCC(NCc2ccc(N3CCCC3)nc2)CC1. The lowest BCUT2D eigenvalue weighted by molar-refractivity contribution is 0.277. The molecule has 1 N–H and O–H groups in total. The van der Waals surface area contributed by atoms with Crippen molar-refractivity contribution in [3.63, 3.8) is 0 Å². The molecule has 1 saturated carbocycles. The summed E-state index contributed by atoms with van der Waals surface area (Å²) in [6.07, 6.45) is 13.0. The zero-order valence-electron chi connectivity index (χ0n) is 14.1. The average Bonchev–Trinajstić information content (AvgIpc) is 3.09. The molecule has 1 aromatic rings. The van der Waals surface area contributed by atoms with E-state index in [1.807, 2.05) is 0 Å². The molecule has 1 aromatic heterocycles. The molecule has 1 saturated heterocycles. The zero-order valence-corrected chi connectivity index (χ0v) is 14.1. The molecule has 3 rings (SSSR count). The molecule has 0 bridgehead atoms.